The lowest BCUT2D eigenvalue weighted by Gasteiger charge is -2.20. The maximum absolute atomic E-state index is 13.2. The van der Waals surface area contributed by atoms with E-state index in [0.717, 1.165) is 5.56 Å². The average Bonchev–Trinajstić information content (AvgIpc) is 3.43. The number of nitro groups is 1. The van der Waals surface area contributed by atoms with Gasteiger partial charge < -0.3 is 9.47 Å². The van der Waals surface area contributed by atoms with Crippen LogP contribution >= 0.6 is 0 Å². The van der Waals surface area contributed by atoms with Gasteiger partial charge in [-0.25, -0.2) is 8.42 Å². The number of ether oxygens (including phenoxy) is 2. The summed E-state index contributed by atoms with van der Waals surface area (Å²) in [5.74, 6) is -0.251. The summed E-state index contributed by atoms with van der Waals surface area (Å²) in [5.41, 5.74) is 0.225. The summed E-state index contributed by atoms with van der Waals surface area (Å²) < 4.78 is 37.0. The van der Waals surface area contributed by atoms with E-state index in [0.29, 0.717) is 6.61 Å². The zero-order chi connectivity index (χ0) is 19.8. The van der Waals surface area contributed by atoms with Gasteiger partial charge in [0.1, 0.15) is 17.6 Å². The second kappa shape index (κ2) is 6.94. The Bertz CT molecular complexity index is 974. The van der Waals surface area contributed by atoms with Crippen LogP contribution in [0.3, 0.4) is 0 Å². The Balaban J connectivity index is 2.11. The van der Waals surface area contributed by atoms with Crippen molar-refractivity contribution in [3.05, 3.63) is 58.1 Å². The molecule has 1 aliphatic rings. The monoisotopic (exact) mass is 391 g/mol. The third-order valence-electron chi connectivity index (χ3n) is 4.27. The molecule has 0 saturated carbocycles. The molecule has 0 amide bonds. The van der Waals surface area contributed by atoms with Crippen molar-refractivity contribution in [1.29, 1.82) is 0 Å². The first-order valence-corrected chi connectivity index (χ1v) is 9.96. The number of epoxide rings is 1. The smallest absolute Gasteiger partial charge is 0.312 e. The quantitative estimate of drug-likeness (QED) is 0.424. The first kappa shape index (κ1) is 19.3. The van der Waals surface area contributed by atoms with Crippen LogP contribution < -0.4 is 4.74 Å². The largest absolute Gasteiger partial charge is 0.483 e. The van der Waals surface area contributed by atoms with Crippen molar-refractivity contribution in [2.45, 2.75) is 42.1 Å². The number of rotatable bonds is 6. The number of hydrogen-bond donors (Lipinski definition) is 0. The highest BCUT2D eigenvalue weighted by Gasteiger charge is 2.32. The van der Waals surface area contributed by atoms with E-state index >= 15 is 0 Å². The number of hydrogen-bond acceptors (Lipinski definition) is 6. The van der Waals surface area contributed by atoms with E-state index in [9.17, 15) is 18.5 Å². The summed E-state index contributed by atoms with van der Waals surface area (Å²) in [6.07, 6.45) is -0.162. The maximum Gasteiger partial charge on any atom is 0.312 e. The molecule has 0 spiro atoms. The molecule has 2 aromatic carbocycles. The Morgan fingerprint density at radius 3 is 2.48 bits per heavy atom. The van der Waals surface area contributed by atoms with Crippen LogP contribution in [0, 0.1) is 10.1 Å². The molecular weight excluding hydrogens is 370 g/mol. The molecule has 27 heavy (non-hydrogen) atoms. The fourth-order valence-electron chi connectivity index (χ4n) is 2.60. The highest BCUT2D eigenvalue weighted by molar-refractivity contribution is 7.91. The van der Waals surface area contributed by atoms with Gasteiger partial charge in [-0.2, -0.15) is 0 Å². The Kier molecular flexibility index (Phi) is 4.96. The van der Waals surface area contributed by atoms with Gasteiger partial charge in [0.05, 0.1) is 16.4 Å². The normalized spacial score (nSPS) is 16.8. The number of nitro benzene ring substituents is 1. The molecule has 144 valence electrons. The van der Waals surface area contributed by atoms with Gasteiger partial charge in [0, 0.05) is 6.07 Å². The fraction of sp³-hybridized carbons (Fsp3) is 0.368. The van der Waals surface area contributed by atoms with E-state index in [-0.39, 0.29) is 39.4 Å². The second-order valence-corrected chi connectivity index (χ2v) is 9.33. The minimum Gasteiger partial charge on any atom is -0.483 e. The lowest BCUT2D eigenvalue weighted by molar-refractivity contribution is -0.386. The first-order chi connectivity index (χ1) is 12.6. The molecule has 1 saturated heterocycles. The second-order valence-electron chi connectivity index (χ2n) is 7.41. The van der Waals surface area contributed by atoms with Gasteiger partial charge in [0.15, 0.2) is 0 Å². The van der Waals surface area contributed by atoms with Crippen molar-refractivity contribution in [2.24, 2.45) is 0 Å². The third-order valence-corrected chi connectivity index (χ3v) is 6.05. The van der Waals surface area contributed by atoms with Crippen LogP contribution in [0.5, 0.6) is 5.75 Å². The molecule has 3 rings (SSSR count). The third kappa shape index (κ3) is 4.12. The Morgan fingerprint density at radius 2 is 1.89 bits per heavy atom. The van der Waals surface area contributed by atoms with Crippen molar-refractivity contribution in [3.8, 4) is 5.75 Å². The van der Waals surface area contributed by atoms with Crippen LogP contribution in [-0.4, -0.2) is 32.7 Å². The summed E-state index contributed by atoms with van der Waals surface area (Å²) in [4.78, 5) is 10.6. The van der Waals surface area contributed by atoms with Crippen molar-refractivity contribution >= 4 is 15.5 Å². The molecule has 0 bridgehead atoms. The molecule has 7 nitrogen and oxygen atoms in total. The minimum atomic E-state index is -4.01. The van der Waals surface area contributed by atoms with Gasteiger partial charge in [0.25, 0.3) is 0 Å². The van der Waals surface area contributed by atoms with Crippen LogP contribution in [0.25, 0.3) is 0 Å². The SMILES string of the molecule is CC(C)(C)c1cccc(S(=O)(=O)c2cccc([N+](=O)[O-])c2OCC2CO2)c1. The molecule has 8 heteroatoms. The van der Waals surface area contributed by atoms with E-state index in [1.807, 2.05) is 26.8 Å². The van der Waals surface area contributed by atoms with Crippen LogP contribution in [0.1, 0.15) is 26.3 Å². The van der Waals surface area contributed by atoms with Gasteiger partial charge in [-0.15, -0.1) is 0 Å². The number of sulfone groups is 1. The molecular formula is C19H21NO6S. The highest BCUT2D eigenvalue weighted by atomic mass is 32.2. The molecule has 0 N–H and O–H groups in total. The number of para-hydroxylation sites is 1. The molecule has 0 aromatic heterocycles. The van der Waals surface area contributed by atoms with Gasteiger partial charge in [0.2, 0.25) is 15.6 Å². The zero-order valence-corrected chi connectivity index (χ0v) is 16.2. The predicted molar refractivity (Wildman–Crippen MR) is 98.9 cm³/mol. The van der Waals surface area contributed by atoms with Crippen LogP contribution in [0.2, 0.25) is 0 Å². The fourth-order valence-corrected chi connectivity index (χ4v) is 4.06. The van der Waals surface area contributed by atoms with Gasteiger partial charge in [-0.05, 0) is 29.2 Å². The van der Waals surface area contributed by atoms with E-state index in [4.69, 9.17) is 9.47 Å². The molecule has 0 aliphatic carbocycles. The zero-order valence-electron chi connectivity index (χ0n) is 15.3. The van der Waals surface area contributed by atoms with Crippen molar-refractivity contribution in [1.82, 2.24) is 0 Å². The Hall–Kier alpha value is -2.45. The first-order valence-electron chi connectivity index (χ1n) is 8.48. The molecule has 1 aliphatic heterocycles. The minimum absolute atomic E-state index is 0.0649. The van der Waals surface area contributed by atoms with Crippen molar-refractivity contribution in [3.63, 3.8) is 0 Å². The maximum atomic E-state index is 13.2. The van der Waals surface area contributed by atoms with Crippen molar-refractivity contribution in [2.75, 3.05) is 13.2 Å². The van der Waals surface area contributed by atoms with E-state index in [1.165, 1.54) is 24.3 Å². The van der Waals surface area contributed by atoms with Gasteiger partial charge in [-0.3, -0.25) is 10.1 Å². The Morgan fingerprint density at radius 1 is 1.22 bits per heavy atom. The van der Waals surface area contributed by atoms with E-state index in [1.54, 1.807) is 12.1 Å². The molecule has 2 aromatic rings. The standard InChI is InChI=1S/C19H21NO6S/c1-19(2,3)13-6-4-7-15(10-13)27(23,24)17-9-5-8-16(20(21)22)18(17)26-12-14-11-25-14/h4-10,14H,11-12H2,1-3H3. The van der Waals surface area contributed by atoms with E-state index in [2.05, 4.69) is 0 Å². The molecule has 1 unspecified atom stereocenters. The molecule has 0 radical (unpaired) electrons. The summed E-state index contributed by atoms with van der Waals surface area (Å²) in [6.45, 7) is 6.51. The number of benzene rings is 2. The van der Waals surface area contributed by atoms with Gasteiger partial charge in [-0.1, -0.05) is 39.0 Å². The summed E-state index contributed by atoms with van der Waals surface area (Å²) in [7, 11) is -4.01. The van der Waals surface area contributed by atoms with Crippen LogP contribution in [0.4, 0.5) is 5.69 Å². The summed E-state index contributed by atoms with van der Waals surface area (Å²) in [6, 6.07) is 10.5. The van der Waals surface area contributed by atoms with E-state index < -0.39 is 14.8 Å². The van der Waals surface area contributed by atoms with Crippen LogP contribution in [0.15, 0.2) is 52.3 Å². The highest BCUT2D eigenvalue weighted by Crippen LogP contribution is 2.38. The lowest BCUT2D eigenvalue weighted by atomic mass is 9.87. The average molecular weight is 391 g/mol. The van der Waals surface area contributed by atoms with Gasteiger partial charge >= 0.3 is 5.69 Å². The summed E-state index contributed by atoms with van der Waals surface area (Å²) in [5, 5.41) is 11.4. The van der Waals surface area contributed by atoms with Crippen molar-refractivity contribution < 1.29 is 22.8 Å². The summed E-state index contributed by atoms with van der Waals surface area (Å²) >= 11 is 0. The number of nitrogens with zero attached hydrogens (tertiary/aromatic N) is 1. The predicted octanol–water partition coefficient (Wildman–Crippen LogP) is 3.50. The topological polar surface area (TPSA) is 99.0 Å². The van der Waals surface area contributed by atoms with Crippen LogP contribution in [-0.2, 0) is 20.0 Å². The molecule has 1 heterocycles. The lowest BCUT2D eigenvalue weighted by Crippen LogP contribution is -2.14. The molecule has 1 atom stereocenters. The Labute approximate surface area is 158 Å². The molecule has 1 fully saturated rings.